The molecule has 100 valence electrons. The van der Waals surface area contributed by atoms with E-state index in [-0.39, 0.29) is 12.2 Å². The molecule has 1 N–H and O–H groups in total. The van der Waals surface area contributed by atoms with Crippen LogP contribution in [0.4, 0.5) is 0 Å². The summed E-state index contributed by atoms with van der Waals surface area (Å²) in [4.78, 5) is 0.608. The van der Waals surface area contributed by atoms with Gasteiger partial charge in [0.1, 0.15) is 0 Å². The van der Waals surface area contributed by atoms with Gasteiger partial charge in [0.05, 0.1) is 0 Å². The van der Waals surface area contributed by atoms with Gasteiger partial charge in [-0.2, -0.15) is 0 Å². The molecule has 0 aromatic heterocycles. The van der Waals surface area contributed by atoms with Crippen molar-refractivity contribution in [2.24, 2.45) is 0 Å². The third kappa shape index (κ3) is 4.10. The third-order valence-electron chi connectivity index (χ3n) is 3.29. The number of unbranched alkanes of at least 4 members (excludes halogenated alkanes) is 1. The number of ether oxygens (including phenoxy) is 1. The number of benzene rings is 1. The van der Waals surface area contributed by atoms with Crippen molar-refractivity contribution in [3.8, 4) is 0 Å². The molecule has 0 saturated carbocycles. The number of aliphatic hydroxyl groups excluding tert-OH is 1. The Labute approximate surface area is 116 Å². The molecule has 1 saturated heterocycles. The molecule has 2 nitrogen and oxygen atoms in total. The molecular weight excluding hydrogens is 291 g/mol. The molecule has 2 rings (SSSR count). The van der Waals surface area contributed by atoms with Crippen LogP contribution in [0.5, 0.6) is 0 Å². The van der Waals surface area contributed by atoms with Crippen molar-refractivity contribution in [2.45, 2.75) is 49.6 Å². The Kier molecular flexibility index (Phi) is 5.71. The monoisotopic (exact) mass is 314 g/mol. The van der Waals surface area contributed by atoms with Crippen LogP contribution in [0.3, 0.4) is 0 Å². The van der Waals surface area contributed by atoms with Gasteiger partial charge in [0.25, 0.3) is 0 Å². The summed E-state index contributed by atoms with van der Waals surface area (Å²) in [5.74, 6) is 0. The molecule has 3 atom stereocenters. The SMILES string of the molecule is CCCCC([Se]c1ccccc1)[C@@H]1C[C@@H](O)CO1. The van der Waals surface area contributed by atoms with Crippen molar-refractivity contribution in [2.75, 3.05) is 6.61 Å². The average molecular weight is 313 g/mol. The van der Waals surface area contributed by atoms with Gasteiger partial charge in [-0.25, -0.2) is 0 Å². The van der Waals surface area contributed by atoms with E-state index in [1.54, 1.807) is 0 Å². The minimum absolute atomic E-state index is 0.245. The standard InChI is InChI=1S/C15H22O2Se/c1-2-3-9-15(14-10-12(16)11-17-14)18-13-7-5-4-6-8-13/h4-8,12,14-16H,2-3,9-11H2,1H3/t12-,14+,15?/m1/s1. The molecule has 1 aliphatic rings. The summed E-state index contributed by atoms with van der Waals surface area (Å²) in [6.45, 7) is 2.76. The van der Waals surface area contributed by atoms with E-state index in [2.05, 4.69) is 37.3 Å². The maximum absolute atomic E-state index is 9.62. The van der Waals surface area contributed by atoms with Gasteiger partial charge in [0.15, 0.2) is 0 Å². The van der Waals surface area contributed by atoms with Crippen LogP contribution in [-0.4, -0.2) is 38.9 Å². The molecule has 0 bridgehead atoms. The Morgan fingerprint density at radius 1 is 1.39 bits per heavy atom. The van der Waals surface area contributed by atoms with Crippen molar-refractivity contribution in [3.05, 3.63) is 30.3 Å². The summed E-state index contributed by atoms with van der Waals surface area (Å²) in [6.07, 6.45) is 4.56. The van der Waals surface area contributed by atoms with Gasteiger partial charge in [-0.3, -0.25) is 0 Å². The summed E-state index contributed by atoms with van der Waals surface area (Å²) in [7, 11) is 0. The van der Waals surface area contributed by atoms with Crippen LogP contribution in [0.2, 0.25) is 4.82 Å². The molecule has 0 aliphatic carbocycles. The topological polar surface area (TPSA) is 29.5 Å². The van der Waals surface area contributed by atoms with E-state index in [1.807, 2.05) is 0 Å². The quantitative estimate of drug-likeness (QED) is 0.816. The zero-order valence-electron chi connectivity index (χ0n) is 10.9. The van der Waals surface area contributed by atoms with Crippen LogP contribution in [0.25, 0.3) is 0 Å². The van der Waals surface area contributed by atoms with Gasteiger partial charge in [-0.05, 0) is 0 Å². The van der Waals surface area contributed by atoms with E-state index in [4.69, 9.17) is 4.74 Å². The zero-order chi connectivity index (χ0) is 12.8. The summed E-state index contributed by atoms with van der Waals surface area (Å²) in [5, 5.41) is 9.62. The Bertz CT molecular complexity index is 342. The first-order chi connectivity index (χ1) is 8.79. The minimum atomic E-state index is -0.245. The fourth-order valence-electron chi connectivity index (χ4n) is 2.30. The van der Waals surface area contributed by atoms with E-state index >= 15 is 0 Å². The van der Waals surface area contributed by atoms with E-state index in [0.717, 1.165) is 6.42 Å². The number of aliphatic hydroxyl groups is 1. The van der Waals surface area contributed by atoms with Crippen LogP contribution < -0.4 is 4.46 Å². The van der Waals surface area contributed by atoms with Crippen molar-refractivity contribution in [1.29, 1.82) is 0 Å². The molecule has 1 heterocycles. The van der Waals surface area contributed by atoms with E-state index in [0.29, 0.717) is 26.4 Å². The molecule has 1 aromatic carbocycles. The fraction of sp³-hybridized carbons (Fsp3) is 0.600. The number of rotatable bonds is 6. The predicted molar refractivity (Wildman–Crippen MR) is 75.5 cm³/mol. The van der Waals surface area contributed by atoms with Gasteiger partial charge < -0.3 is 0 Å². The van der Waals surface area contributed by atoms with Gasteiger partial charge in [0.2, 0.25) is 0 Å². The Morgan fingerprint density at radius 2 is 2.17 bits per heavy atom. The molecule has 0 radical (unpaired) electrons. The Balaban J connectivity index is 1.96. The molecule has 1 fully saturated rings. The molecule has 1 aliphatic heterocycles. The second-order valence-electron chi connectivity index (χ2n) is 4.87. The normalized spacial score (nSPS) is 25.2. The van der Waals surface area contributed by atoms with E-state index < -0.39 is 0 Å². The van der Waals surface area contributed by atoms with Crippen LogP contribution in [-0.2, 0) is 4.74 Å². The van der Waals surface area contributed by atoms with Crippen molar-refractivity contribution < 1.29 is 9.84 Å². The molecule has 0 spiro atoms. The van der Waals surface area contributed by atoms with Crippen LogP contribution in [0, 0.1) is 0 Å². The van der Waals surface area contributed by atoms with E-state index in [9.17, 15) is 5.11 Å². The molecular formula is C15H22O2Se. The molecule has 1 unspecified atom stereocenters. The second-order valence-corrected chi connectivity index (χ2v) is 7.63. The first-order valence-corrected chi connectivity index (χ1v) is 8.65. The van der Waals surface area contributed by atoms with Gasteiger partial charge >= 0.3 is 116 Å². The van der Waals surface area contributed by atoms with Gasteiger partial charge in [-0.1, -0.05) is 0 Å². The number of hydrogen-bond donors (Lipinski definition) is 1. The third-order valence-corrected chi connectivity index (χ3v) is 6.20. The van der Waals surface area contributed by atoms with Crippen LogP contribution >= 0.6 is 0 Å². The summed E-state index contributed by atoms with van der Waals surface area (Å²) < 4.78 is 7.20. The second kappa shape index (κ2) is 7.30. The van der Waals surface area contributed by atoms with Crippen molar-refractivity contribution >= 4 is 19.4 Å². The van der Waals surface area contributed by atoms with Crippen LogP contribution in [0.15, 0.2) is 30.3 Å². The molecule has 1 aromatic rings. The zero-order valence-corrected chi connectivity index (χ0v) is 12.6. The number of hydrogen-bond acceptors (Lipinski definition) is 2. The first kappa shape index (κ1) is 14.1. The Hall–Kier alpha value is -0.341. The summed E-state index contributed by atoms with van der Waals surface area (Å²) in [5.41, 5.74) is 0. The average Bonchev–Trinajstić information content (AvgIpc) is 2.82. The summed E-state index contributed by atoms with van der Waals surface area (Å²) >= 11 is 0.450. The van der Waals surface area contributed by atoms with Gasteiger partial charge in [0, 0.05) is 0 Å². The molecule has 3 heteroatoms. The maximum atomic E-state index is 9.62. The van der Waals surface area contributed by atoms with Gasteiger partial charge in [-0.15, -0.1) is 0 Å². The van der Waals surface area contributed by atoms with Crippen molar-refractivity contribution in [1.82, 2.24) is 0 Å². The fourth-order valence-corrected chi connectivity index (χ4v) is 5.00. The Morgan fingerprint density at radius 3 is 2.78 bits per heavy atom. The van der Waals surface area contributed by atoms with Crippen LogP contribution in [0.1, 0.15) is 32.6 Å². The van der Waals surface area contributed by atoms with E-state index in [1.165, 1.54) is 23.7 Å². The predicted octanol–water partition coefficient (Wildman–Crippen LogP) is 2.14. The molecule has 0 amide bonds. The molecule has 18 heavy (non-hydrogen) atoms. The van der Waals surface area contributed by atoms with Crippen molar-refractivity contribution in [3.63, 3.8) is 0 Å². The summed E-state index contributed by atoms with van der Waals surface area (Å²) in [6, 6.07) is 10.7. The first-order valence-electron chi connectivity index (χ1n) is 6.81.